The molecule has 2 aromatic carbocycles. The van der Waals surface area contributed by atoms with Crippen LogP contribution in [-0.2, 0) is 31.5 Å². The van der Waals surface area contributed by atoms with Crippen LogP contribution in [0.2, 0.25) is 0 Å². The number of benzene rings is 2. The Kier molecular flexibility index (Phi) is 8.30. The van der Waals surface area contributed by atoms with Gasteiger partial charge in [0.05, 0.1) is 46.5 Å². The summed E-state index contributed by atoms with van der Waals surface area (Å²) in [7, 11) is -3.80. The largest absolute Gasteiger partial charge is 0.456 e. The molecule has 1 aliphatic heterocycles. The Morgan fingerprint density at radius 1 is 1.12 bits per heavy atom. The highest BCUT2D eigenvalue weighted by molar-refractivity contribution is 7.89. The SMILES string of the molecule is Cc1c(Oc2ccnc3ccc(S(=O)(=O)N4C[C@@H](C)O[C@@H](C)C4)cc23)ccc(CC(=O)Nc2cnn(C(C)(C)C)c2)c1F. The molecule has 0 spiro atoms. The fourth-order valence-electron chi connectivity index (χ4n) is 5.05. The third-order valence-electron chi connectivity index (χ3n) is 7.24. The summed E-state index contributed by atoms with van der Waals surface area (Å²) >= 11 is 0. The van der Waals surface area contributed by atoms with Gasteiger partial charge < -0.3 is 14.8 Å². The number of ether oxygens (including phenoxy) is 2. The van der Waals surface area contributed by atoms with Crippen molar-refractivity contribution in [2.24, 2.45) is 0 Å². The lowest BCUT2D eigenvalue weighted by molar-refractivity contribution is -0.115. The van der Waals surface area contributed by atoms with Crippen LogP contribution in [0.5, 0.6) is 11.5 Å². The molecule has 5 rings (SSSR count). The highest BCUT2D eigenvalue weighted by Crippen LogP contribution is 2.34. The van der Waals surface area contributed by atoms with Crippen LogP contribution in [0.3, 0.4) is 0 Å². The van der Waals surface area contributed by atoms with Crippen LogP contribution in [0.1, 0.15) is 45.7 Å². The highest BCUT2D eigenvalue weighted by atomic mass is 32.2. The minimum Gasteiger partial charge on any atom is -0.456 e. The molecule has 2 atom stereocenters. The van der Waals surface area contributed by atoms with E-state index in [0.717, 1.165) is 0 Å². The normalized spacial score (nSPS) is 18.1. The predicted octanol–water partition coefficient (Wildman–Crippen LogP) is 5.41. The van der Waals surface area contributed by atoms with Gasteiger partial charge in [-0.05, 0) is 77.4 Å². The zero-order chi connectivity index (χ0) is 31.1. The standard InChI is InChI=1S/C31H36FN5O5S/c1-19-16-36(17-20(2)41-19)43(39,40)24-8-9-26-25(14-24)28(11-12-33-26)42-27-10-7-22(30(32)21(27)3)13-29(38)35-23-15-34-37(18-23)31(4,5)6/h7-12,14-15,18-20H,13,16-17H2,1-6H3,(H,35,38)/t19-,20+. The summed E-state index contributed by atoms with van der Waals surface area (Å²) in [5.74, 6) is -0.368. The van der Waals surface area contributed by atoms with Crippen LogP contribution in [0.4, 0.5) is 10.1 Å². The van der Waals surface area contributed by atoms with Gasteiger partial charge in [0.1, 0.15) is 17.3 Å². The lowest BCUT2D eigenvalue weighted by Crippen LogP contribution is -2.48. The van der Waals surface area contributed by atoms with Crippen LogP contribution in [-0.4, -0.2) is 58.7 Å². The summed E-state index contributed by atoms with van der Waals surface area (Å²) in [5.41, 5.74) is 1.25. The van der Waals surface area contributed by atoms with E-state index in [-0.39, 0.29) is 64.9 Å². The predicted molar refractivity (Wildman–Crippen MR) is 161 cm³/mol. The van der Waals surface area contributed by atoms with Crippen molar-refractivity contribution in [1.82, 2.24) is 19.1 Å². The smallest absolute Gasteiger partial charge is 0.243 e. The van der Waals surface area contributed by atoms with E-state index in [4.69, 9.17) is 9.47 Å². The van der Waals surface area contributed by atoms with Crippen molar-refractivity contribution < 1.29 is 27.1 Å². The number of halogens is 1. The number of hydrogen-bond donors (Lipinski definition) is 1. The second-order valence-corrected chi connectivity index (χ2v) is 13.8. The molecule has 0 aliphatic carbocycles. The Morgan fingerprint density at radius 3 is 2.51 bits per heavy atom. The summed E-state index contributed by atoms with van der Waals surface area (Å²) in [4.78, 5) is 17.1. The summed E-state index contributed by atoms with van der Waals surface area (Å²) in [6.07, 6.45) is 4.21. The highest BCUT2D eigenvalue weighted by Gasteiger charge is 2.32. The Morgan fingerprint density at radius 2 is 1.84 bits per heavy atom. The molecule has 1 N–H and O–H groups in total. The van der Waals surface area contributed by atoms with Crippen molar-refractivity contribution >= 4 is 32.5 Å². The second-order valence-electron chi connectivity index (χ2n) is 11.9. The van der Waals surface area contributed by atoms with Gasteiger partial charge in [0, 0.05) is 36.4 Å². The van der Waals surface area contributed by atoms with E-state index in [9.17, 15) is 13.2 Å². The number of aromatic nitrogens is 3. The number of rotatable bonds is 7. The van der Waals surface area contributed by atoms with Gasteiger partial charge in [-0.2, -0.15) is 9.40 Å². The Hall–Kier alpha value is -3.87. The lowest BCUT2D eigenvalue weighted by atomic mass is 10.1. The monoisotopic (exact) mass is 609 g/mol. The van der Waals surface area contributed by atoms with Crippen molar-refractivity contribution in [2.45, 2.75) is 70.6 Å². The van der Waals surface area contributed by atoms with Crippen molar-refractivity contribution in [3.63, 3.8) is 0 Å². The molecule has 12 heteroatoms. The molecule has 2 aromatic heterocycles. The summed E-state index contributed by atoms with van der Waals surface area (Å²) in [6.45, 7) is 11.8. The summed E-state index contributed by atoms with van der Waals surface area (Å²) in [6, 6.07) is 9.40. The quantitative estimate of drug-likeness (QED) is 0.298. The number of fused-ring (bicyclic) bond motifs is 1. The number of amides is 1. The number of anilines is 1. The van der Waals surface area contributed by atoms with Gasteiger partial charge in [-0.15, -0.1) is 0 Å². The third-order valence-corrected chi connectivity index (χ3v) is 9.07. The average molecular weight is 610 g/mol. The molecule has 228 valence electrons. The van der Waals surface area contributed by atoms with E-state index in [2.05, 4.69) is 15.4 Å². The van der Waals surface area contributed by atoms with Gasteiger partial charge >= 0.3 is 0 Å². The van der Waals surface area contributed by atoms with Crippen molar-refractivity contribution in [3.05, 3.63) is 71.9 Å². The minimum atomic E-state index is -3.80. The molecule has 43 heavy (non-hydrogen) atoms. The molecule has 0 saturated carbocycles. The molecule has 1 aliphatic rings. The molecule has 10 nitrogen and oxygen atoms in total. The maximum absolute atomic E-state index is 15.4. The number of nitrogens with one attached hydrogen (secondary N) is 1. The van der Waals surface area contributed by atoms with Crippen LogP contribution >= 0.6 is 0 Å². The van der Waals surface area contributed by atoms with E-state index in [1.165, 1.54) is 22.5 Å². The van der Waals surface area contributed by atoms with Gasteiger partial charge in [-0.25, -0.2) is 12.8 Å². The Bertz CT molecular complexity index is 1770. The molecule has 1 saturated heterocycles. The maximum Gasteiger partial charge on any atom is 0.243 e. The minimum absolute atomic E-state index is 0.108. The first-order valence-corrected chi connectivity index (χ1v) is 15.5. The molecule has 4 aromatic rings. The molecule has 1 fully saturated rings. The van der Waals surface area contributed by atoms with E-state index >= 15 is 4.39 Å². The molecule has 1 amide bonds. The number of morpholine rings is 1. The lowest BCUT2D eigenvalue weighted by Gasteiger charge is -2.34. The zero-order valence-electron chi connectivity index (χ0n) is 25.1. The molecule has 0 unspecified atom stereocenters. The first kappa shape index (κ1) is 30.6. The topological polar surface area (TPSA) is 116 Å². The number of sulfonamides is 1. The van der Waals surface area contributed by atoms with Crippen LogP contribution in [0.15, 0.2) is 59.9 Å². The first-order valence-electron chi connectivity index (χ1n) is 14.1. The van der Waals surface area contributed by atoms with E-state index < -0.39 is 15.8 Å². The second kappa shape index (κ2) is 11.7. The van der Waals surface area contributed by atoms with Crippen LogP contribution < -0.4 is 10.1 Å². The van der Waals surface area contributed by atoms with Gasteiger partial charge in [-0.3, -0.25) is 14.5 Å². The zero-order valence-corrected chi connectivity index (χ0v) is 25.9. The van der Waals surface area contributed by atoms with Gasteiger partial charge in [0.25, 0.3) is 0 Å². The van der Waals surface area contributed by atoms with E-state index in [1.807, 2.05) is 34.6 Å². The molecule has 0 bridgehead atoms. The Balaban J connectivity index is 1.36. The number of pyridine rings is 1. The van der Waals surface area contributed by atoms with E-state index in [1.54, 1.807) is 48.4 Å². The fourth-order valence-corrected chi connectivity index (χ4v) is 6.66. The van der Waals surface area contributed by atoms with Gasteiger partial charge in [0.15, 0.2) is 0 Å². The van der Waals surface area contributed by atoms with Crippen LogP contribution in [0.25, 0.3) is 10.9 Å². The first-order chi connectivity index (χ1) is 20.2. The van der Waals surface area contributed by atoms with Crippen molar-refractivity contribution in [1.29, 1.82) is 0 Å². The molecule has 0 radical (unpaired) electrons. The summed E-state index contributed by atoms with van der Waals surface area (Å²) < 4.78 is 57.4. The van der Waals surface area contributed by atoms with Crippen molar-refractivity contribution in [3.8, 4) is 11.5 Å². The Labute approximate surface area is 250 Å². The molecular formula is C31H36FN5O5S. The van der Waals surface area contributed by atoms with Gasteiger partial charge in [0.2, 0.25) is 15.9 Å². The number of hydrogen-bond acceptors (Lipinski definition) is 7. The number of carbonyl (C=O) groups excluding carboxylic acids is 1. The number of carbonyl (C=O) groups is 1. The average Bonchev–Trinajstić information content (AvgIpc) is 3.41. The maximum atomic E-state index is 15.4. The third kappa shape index (κ3) is 6.56. The fraction of sp³-hybridized carbons (Fsp3) is 0.387. The summed E-state index contributed by atoms with van der Waals surface area (Å²) in [5, 5.41) is 7.50. The van der Waals surface area contributed by atoms with Crippen LogP contribution in [0, 0.1) is 12.7 Å². The molecule has 3 heterocycles. The van der Waals surface area contributed by atoms with Gasteiger partial charge in [-0.1, -0.05) is 6.07 Å². The van der Waals surface area contributed by atoms with E-state index in [0.29, 0.717) is 22.3 Å². The van der Waals surface area contributed by atoms with Crippen molar-refractivity contribution in [2.75, 3.05) is 18.4 Å². The number of nitrogens with zero attached hydrogens (tertiary/aromatic N) is 4. The molecular weight excluding hydrogens is 573 g/mol.